The summed E-state index contributed by atoms with van der Waals surface area (Å²) in [5.41, 5.74) is 1.19. The van der Waals surface area contributed by atoms with E-state index in [-0.39, 0.29) is 25.3 Å². The third-order valence-electron chi connectivity index (χ3n) is 3.58. The van der Waals surface area contributed by atoms with Crippen LogP contribution in [0.5, 0.6) is 0 Å². The molecule has 0 aromatic carbocycles. The van der Waals surface area contributed by atoms with Gasteiger partial charge in [-0.25, -0.2) is 4.39 Å². The second kappa shape index (κ2) is 4.64. The maximum atomic E-state index is 14.0. The van der Waals surface area contributed by atoms with E-state index in [9.17, 15) is 22.7 Å². The van der Waals surface area contributed by atoms with Gasteiger partial charge in [0.05, 0.1) is 23.4 Å². The van der Waals surface area contributed by atoms with Crippen molar-refractivity contribution in [2.45, 2.75) is 30.7 Å². The van der Waals surface area contributed by atoms with Crippen molar-refractivity contribution in [2.75, 3.05) is 13.2 Å². The van der Waals surface area contributed by atoms with Crippen molar-refractivity contribution in [1.82, 2.24) is 4.98 Å². The van der Waals surface area contributed by atoms with Crippen molar-refractivity contribution in [3.8, 4) is 0 Å². The summed E-state index contributed by atoms with van der Waals surface area (Å²) >= 11 is 0. The molecule has 0 radical (unpaired) electrons. The second-order valence-electron chi connectivity index (χ2n) is 5.10. The van der Waals surface area contributed by atoms with Gasteiger partial charge >= 0.3 is 6.18 Å². The number of alkyl halides is 3. The fraction of sp³-hybridized carbons (Fsp3) is 0.583. The molecule has 2 unspecified atom stereocenters. The summed E-state index contributed by atoms with van der Waals surface area (Å²) < 4.78 is 56.5. The molecular formula is C12H14F4N2O2. The number of hydrogen-bond acceptors (Lipinski definition) is 4. The van der Waals surface area contributed by atoms with E-state index in [4.69, 9.17) is 10.5 Å². The van der Waals surface area contributed by atoms with Crippen molar-refractivity contribution in [3.63, 3.8) is 0 Å². The van der Waals surface area contributed by atoms with Gasteiger partial charge in [0.1, 0.15) is 11.4 Å². The molecule has 3 N–H and O–H groups in total. The van der Waals surface area contributed by atoms with Crippen LogP contribution in [0.4, 0.5) is 17.6 Å². The summed E-state index contributed by atoms with van der Waals surface area (Å²) in [7, 11) is 0. The third-order valence-corrected chi connectivity index (χ3v) is 3.58. The van der Waals surface area contributed by atoms with Crippen LogP contribution in [0.3, 0.4) is 0 Å². The quantitative estimate of drug-likeness (QED) is 0.771. The van der Waals surface area contributed by atoms with Gasteiger partial charge in [-0.2, -0.15) is 13.2 Å². The first-order chi connectivity index (χ1) is 9.08. The van der Waals surface area contributed by atoms with Gasteiger partial charge in [-0.3, -0.25) is 4.98 Å². The average Bonchev–Trinajstić information content (AvgIpc) is 2.31. The number of aromatic nitrogens is 1. The van der Waals surface area contributed by atoms with Crippen molar-refractivity contribution in [3.05, 3.63) is 29.3 Å². The molecule has 1 aliphatic heterocycles. The van der Waals surface area contributed by atoms with Crippen molar-refractivity contribution < 1.29 is 27.4 Å². The predicted octanol–water partition coefficient (Wildman–Crippen LogP) is 1.56. The Kier molecular flexibility index (Phi) is 3.52. The zero-order valence-corrected chi connectivity index (χ0v) is 10.7. The lowest BCUT2D eigenvalue weighted by atomic mass is 9.75. The van der Waals surface area contributed by atoms with Crippen LogP contribution < -0.4 is 5.73 Å². The van der Waals surface area contributed by atoms with Crippen molar-refractivity contribution in [1.29, 1.82) is 0 Å². The van der Waals surface area contributed by atoms with Crippen LogP contribution in [0.2, 0.25) is 0 Å². The molecule has 2 heterocycles. The molecule has 20 heavy (non-hydrogen) atoms. The molecule has 112 valence electrons. The van der Waals surface area contributed by atoms with Crippen LogP contribution in [0.1, 0.15) is 24.6 Å². The molecule has 1 fully saturated rings. The van der Waals surface area contributed by atoms with E-state index in [1.807, 2.05) is 0 Å². The number of hydrogen-bond donors (Lipinski definition) is 2. The Hall–Kier alpha value is -1.25. The topological polar surface area (TPSA) is 68.4 Å². The molecule has 0 saturated carbocycles. The standard InChI is InChI=1S/C12H14F4N2O2/c1-10(19)6-20-3-2-11(10,17)9-8(13)4-7(5-18-9)12(14,15)16/h4-5,19H,2-3,6,17H2,1H3. The lowest BCUT2D eigenvalue weighted by Gasteiger charge is -2.45. The van der Waals surface area contributed by atoms with Crippen LogP contribution in [0.15, 0.2) is 12.3 Å². The molecule has 0 aliphatic carbocycles. The van der Waals surface area contributed by atoms with Gasteiger partial charge in [0.2, 0.25) is 0 Å². The highest BCUT2D eigenvalue weighted by Crippen LogP contribution is 2.38. The number of halogens is 4. The fourth-order valence-electron chi connectivity index (χ4n) is 2.20. The largest absolute Gasteiger partial charge is 0.417 e. The van der Waals surface area contributed by atoms with E-state index in [2.05, 4.69) is 4.98 Å². The molecule has 1 aromatic rings. The van der Waals surface area contributed by atoms with E-state index in [0.717, 1.165) is 0 Å². The molecule has 1 aliphatic rings. The highest BCUT2D eigenvalue weighted by atomic mass is 19.4. The Morgan fingerprint density at radius 2 is 2.10 bits per heavy atom. The molecular weight excluding hydrogens is 280 g/mol. The summed E-state index contributed by atoms with van der Waals surface area (Å²) in [6.45, 7) is 1.35. The maximum Gasteiger partial charge on any atom is 0.417 e. The van der Waals surface area contributed by atoms with Gasteiger partial charge in [-0.05, 0) is 19.4 Å². The first kappa shape index (κ1) is 15.1. The van der Waals surface area contributed by atoms with E-state index in [0.29, 0.717) is 12.3 Å². The Labute approximate surface area is 112 Å². The number of rotatable bonds is 1. The highest BCUT2D eigenvalue weighted by Gasteiger charge is 2.50. The number of nitrogens with two attached hydrogens (primary N) is 1. The van der Waals surface area contributed by atoms with Gasteiger partial charge in [0.25, 0.3) is 0 Å². The molecule has 2 rings (SSSR count). The molecule has 1 saturated heterocycles. The number of nitrogens with zero attached hydrogens (tertiary/aromatic N) is 1. The van der Waals surface area contributed by atoms with Crippen molar-refractivity contribution in [2.24, 2.45) is 5.73 Å². The van der Waals surface area contributed by atoms with Crippen LogP contribution >= 0.6 is 0 Å². The molecule has 0 bridgehead atoms. The number of pyridine rings is 1. The molecule has 8 heteroatoms. The Morgan fingerprint density at radius 3 is 2.60 bits per heavy atom. The van der Waals surface area contributed by atoms with Crippen LogP contribution in [0, 0.1) is 5.82 Å². The Balaban J connectivity index is 2.47. The van der Waals surface area contributed by atoms with Crippen LogP contribution in [-0.4, -0.2) is 28.9 Å². The van der Waals surface area contributed by atoms with E-state index in [1.54, 1.807) is 0 Å². The number of ether oxygens (including phenoxy) is 1. The first-order valence-corrected chi connectivity index (χ1v) is 5.90. The molecule has 0 amide bonds. The SMILES string of the molecule is CC1(O)COCCC1(N)c1ncc(C(F)(F)F)cc1F. The monoisotopic (exact) mass is 294 g/mol. The molecule has 1 aromatic heterocycles. The zero-order chi connectivity index (χ0) is 15.2. The van der Waals surface area contributed by atoms with E-state index < -0.39 is 28.7 Å². The minimum atomic E-state index is -4.69. The molecule has 0 spiro atoms. The maximum absolute atomic E-state index is 14.0. The summed E-state index contributed by atoms with van der Waals surface area (Å²) in [4.78, 5) is 3.50. The summed E-state index contributed by atoms with van der Waals surface area (Å²) in [6.07, 6.45) is -4.12. The van der Waals surface area contributed by atoms with Gasteiger partial charge in [0, 0.05) is 12.8 Å². The lowest BCUT2D eigenvalue weighted by Crippen LogP contribution is -2.62. The van der Waals surface area contributed by atoms with Crippen LogP contribution in [-0.2, 0) is 16.5 Å². The first-order valence-electron chi connectivity index (χ1n) is 5.90. The van der Waals surface area contributed by atoms with E-state index in [1.165, 1.54) is 6.92 Å². The summed E-state index contributed by atoms with van der Waals surface area (Å²) in [5, 5.41) is 10.2. The molecule has 2 atom stereocenters. The minimum Gasteiger partial charge on any atom is -0.385 e. The average molecular weight is 294 g/mol. The van der Waals surface area contributed by atoms with Crippen molar-refractivity contribution >= 4 is 0 Å². The van der Waals surface area contributed by atoms with Crippen LogP contribution in [0.25, 0.3) is 0 Å². The lowest BCUT2D eigenvalue weighted by molar-refractivity contribution is -0.138. The Morgan fingerprint density at radius 1 is 1.45 bits per heavy atom. The zero-order valence-electron chi connectivity index (χ0n) is 10.7. The second-order valence-corrected chi connectivity index (χ2v) is 5.10. The van der Waals surface area contributed by atoms with E-state index >= 15 is 0 Å². The Bertz CT molecular complexity index is 519. The normalized spacial score (nSPS) is 31.4. The summed E-state index contributed by atoms with van der Waals surface area (Å²) in [6, 6.07) is 0.336. The van der Waals surface area contributed by atoms with Gasteiger partial charge in [0.15, 0.2) is 0 Å². The predicted molar refractivity (Wildman–Crippen MR) is 61.1 cm³/mol. The third kappa shape index (κ3) is 2.38. The number of aliphatic hydroxyl groups is 1. The minimum absolute atomic E-state index is 0.0509. The van der Waals surface area contributed by atoms with Gasteiger partial charge in [-0.15, -0.1) is 0 Å². The summed E-state index contributed by atoms with van der Waals surface area (Å²) in [5.74, 6) is -1.19. The van der Waals surface area contributed by atoms with Gasteiger partial charge < -0.3 is 15.6 Å². The smallest absolute Gasteiger partial charge is 0.385 e. The fourth-order valence-corrected chi connectivity index (χ4v) is 2.20. The molecule has 4 nitrogen and oxygen atoms in total. The van der Waals surface area contributed by atoms with Gasteiger partial charge in [-0.1, -0.05) is 0 Å². The highest BCUT2D eigenvalue weighted by molar-refractivity contribution is 5.27.